The SMILES string of the molecule is O=C(Cn1ccccc1=O)NCC1(c2ccccc2)CCCCC1. The largest absolute Gasteiger partial charge is 0.354 e. The first-order valence-corrected chi connectivity index (χ1v) is 8.67. The molecule has 1 aromatic heterocycles. The van der Waals surface area contributed by atoms with E-state index >= 15 is 0 Å². The quantitative estimate of drug-likeness (QED) is 0.919. The van der Waals surface area contributed by atoms with Crippen LogP contribution in [0.1, 0.15) is 37.7 Å². The van der Waals surface area contributed by atoms with Crippen molar-refractivity contribution in [2.75, 3.05) is 6.54 Å². The molecule has 1 heterocycles. The van der Waals surface area contributed by atoms with Crippen molar-refractivity contribution in [3.8, 4) is 0 Å². The lowest BCUT2D eigenvalue weighted by atomic mass is 9.69. The second kappa shape index (κ2) is 7.47. The number of carbonyl (C=O) groups is 1. The van der Waals surface area contributed by atoms with Crippen molar-refractivity contribution in [3.63, 3.8) is 0 Å². The fraction of sp³-hybridized carbons (Fsp3) is 0.400. The molecule has 1 aromatic carbocycles. The van der Waals surface area contributed by atoms with Gasteiger partial charge in [-0.2, -0.15) is 0 Å². The Morgan fingerprint density at radius 1 is 1.00 bits per heavy atom. The molecular formula is C20H24N2O2. The molecule has 4 nitrogen and oxygen atoms in total. The Balaban J connectivity index is 1.69. The summed E-state index contributed by atoms with van der Waals surface area (Å²) in [7, 11) is 0. The normalized spacial score (nSPS) is 16.5. The van der Waals surface area contributed by atoms with Gasteiger partial charge in [0.15, 0.2) is 0 Å². The minimum Gasteiger partial charge on any atom is -0.354 e. The van der Waals surface area contributed by atoms with Gasteiger partial charge in [-0.05, 0) is 24.5 Å². The van der Waals surface area contributed by atoms with Crippen LogP contribution < -0.4 is 10.9 Å². The Labute approximate surface area is 142 Å². The van der Waals surface area contributed by atoms with E-state index in [0.717, 1.165) is 12.8 Å². The maximum absolute atomic E-state index is 12.3. The van der Waals surface area contributed by atoms with Crippen LogP contribution in [0.4, 0.5) is 0 Å². The Bertz CT molecular complexity index is 731. The lowest BCUT2D eigenvalue weighted by Crippen LogP contribution is -2.43. The van der Waals surface area contributed by atoms with Crippen molar-refractivity contribution in [1.29, 1.82) is 0 Å². The number of nitrogens with zero attached hydrogens (tertiary/aromatic N) is 1. The highest BCUT2D eigenvalue weighted by molar-refractivity contribution is 5.75. The van der Waals surface area contributed by atoms with Gasteiger partial charge in [0.25, 0.3) is 5.56 Å². The van der Waals surface area contributed by atoms with Crippen molar-refractivity contribution in [1.82, 2.24) is 9.88 Å². The average Bonchev–Trinajstić information content (AvgIpc) is 2.63. The van der Waals surface area contributed by atoms with Gasteiger partial charge in [0.05, 0.1) is 0 Å². The highest BCUT2D eigenvalue weighted by atomic mass is 16.2. The molecule has 1 aliphatic carbocycles. The van der Waals surface area contributed by atoms with E-state index in [0.29, 0.717) is 6.54 Å². The molecule has 1 aliphatic rings. The van der Waals surface area contributed by atoms with Gasteiger partial charge < -0.3 is 9.88 Å². The number of benzene rings is 1. The summed E-state index contributed by atoms with van der Waals surface area (Å²) in [6.07, 6.45) is 7.51. The summed E-state index contributed by atoms with van der Waals surface area (Å²) in [5, 5.41) is 3.07. The summed E-state index contributed by atoms with van der Waals surface area (Å²) in [5.74, 6) is -0.107. The molecular weight excluding hydrogens is 300 g/mol. The molecule has 0 spiro atoms. The van der Waals surface area contributed by atoms with Crippen LogP contribution in [0.3, 0.4) is 0 Å². The molecule has 1 N–H and O–H groups in total. The summed E-state index contributed by atoms with van der Waals surface area (Å²) < 4.78 is 1.44. The standard InChI is InChI=1S/C20H24N2O2/c23-18(15-22-14-8-5-11-19(22)24)21-16-20(12-6-2-7-13-20)17-9-3-1-4-10-17/h1,3-5,8-11,14H,2,6-7,12-13,15-16H2,(H,21,23). The van der Waals surface area contributed by atoms with E-state index in [1.54, 1.807) is 18.3 Å². The summed E-state index contributed by atoms with van der Waals surface area (Å²) in [5.41, 5.74) is 1.18. The fourth-order valence-electron chi connectivity index (χ4n) is 3.66. The Kier molecular flexibility index (Phi) is 5.14. The second-order valence-corrected chi connectivity index (χ2v) is 6.65. The summed E-state index contributed by atoms with van der Waals surface area (Å²) in [6, 6.07) is 15.4. The zero-order valence-corrected chi connectivity index (χ0v) is 13.9. The minimum atomic E-state index is -0.150. The molecule has 1 fully saturated rings. The van der Waals surface area contributed by atoms with Gasteiger partial charge in [0.2, 0.25) is 5.91 Å². The predicted octanol–water partition coefficient (Wildman–Crippen LogP) is 2.87. The number of nitrogens with one attached hydrogen (secondary N) is 1. The molecule has 0 radical (unpaired) electrons. The molecule has 0 unspecified atom stereocenters. The Hall–Kier alpha value is -2.36. The summed E-state index contributed by atoms with van der Waals surface area (Å²) >= 11 is 0. The van der Waals surface area contributed by atoms with Crippen LogP contribution in [0, 0.1) is 0 Å². The first-order chi connectivity index (χ1) is 11.7. The highest BCUT2D eigenvalue weighted by Gasteiger charge is 2.34. The zero-order chi connectivity index (χ0) is 16.8. The lowest BCUT2D eigenvalue weighted by Gasteiger charge is -2.38. The van der Waals surface area contributed by atoms with E-state index in [-0.39, 0.29) is 23.4 Å². The predicted molar refractivity (Wildman–Crippen MR) is 94.9 cm³/mol. The minimum absolute atomic E-state index is 0.0246. The number of hydrogen-bond acceptors (Lipinski definition) is 2. The van der Waals surface area contributed by atoms with Crippen LogP contribution in [0.2, 0.25) is 0 Å². The molecule has 0 aliphatic heterocycles. The van der Waals surface area contributed by atoms with Crippen molar-refractivity contribution < 1.29 is 4.79 Å². The first kappa shape index (κ1) is 16.5. The number of amides is 1. The Morgan fingerprint density at radius 2 is 1.71 bits per heavy atom. The zero-order valence-electron chi connectivity index (χ0n) is 13.9. The molecule has 126 valence electrons. The third-order valence-electron chi connectivity index (χ3n) is 5.03. The topological polar surface area (TPSA) is 51.1 Å². The van der Waals surface area contributed by atoms with Gasteiger partial charge in [-0.3, -0.25) is 9.59 Å². The molecule has 2 aromatic rings. The molecule has 1 saturated carbocycles. The van der Waals surface area contributed by atoms with Crippen LogP contribution in [0.15, 0.2) is 59.5 Å². The highest BCUT2D eigenvalue weighted by Crippen LogP contribution is 2.38. The Morgan fingerprint density at radius 3 is 2.42 bits per heavy atom. The van der Waals surface area contributed by atoms with Crippen molar-refractivity contribution in [2.24, 2.45) is 0 Å². The fourth-order valence-corrected chi connectivity index (χ4v) is 3.66. The third-order valence-corrected chi connectivity index (χ3v) is 5.03. The van der Waals surface area contributed by atoms with E-state index in [1.165, 1.54) is 35.5 Å². The van der Waals surface area contributed by atoms with Crippen molar-refractivity contribution in [3.05, 3.63) is 70.6 Å². The summed E-state index contributed by atoms with van der Waals surface area (Å²) in [6.45, 7) is 0.710. The van der Waals surface area contributed by atoms with E-state index in [1.807, 2.05) is 6.07 Å². The average molecular weight is 324 g/mol. The number of rotatable bonds is 5. The van der Waals surface area contributed by atoms with Crippen LogP contribution in [0.25, 0.3) is 0 Å². The van der Waals surface area contributed by atoms with E-state index in [9.17, 15) is 9.59 Å². The number of hydrogen-bond donors (Lipinski definition) is 1. The number of pyridine rings is 1. The molecule has 24 heavy (non-hydrogen) atoms. The van der Waals surface area contributed by atoms with Crippen molar-refractivity contribution in [2.45, 2.75) is 44.1 Å². The van der Waals surface area contributed by atoms with Gasteiger partial charge in [0, 0.05) is 24.2 Å². The van der Waals surface area contributed by atoms with E-state index < -0.39 is 0 Å². The first-order valence-electron chi connectivity index (χ1n) is 8.67. The maximum Gasteiger partial charge on any atom is 0.250 e. The van der Waals surface area contributed by atoms with Crippen LogP contribution in [-0.4, -0.2) is 17.0 Å². The van der Waals surface area contributed by atoms with Crippen LogP contribution in [0.5, 0.6) is 0 Å². The van der Waals surface area contributed by atoms with Crippen LogP contribution >= 0.6 is 0 Å². The van der Waals surface area contributed by atoms with E-state index in [4.69, 9.17) is 0 Å². The molecule has 1 amide bonds. The maximum atomic E-state index is 12.3. The molecule has 3 rings (SSSR count). The monoisotopic (exact) mass is 324 g/mol. The number of carbonyl (C=O) groups excluding carboxylic acids is 1. The van der Waals surface area contributed by atoms with Crippen molar-refractivity contribution >= 4 is 5.91 Å². The lowest BCUT2D eigenvalue weighted by molar-refractivity contribution is -0.122. The van der Waals surface area contributed by atoms with Gasteiger partial charge in [-0.15, -0.1) is 0 Å². The smallest absolute Gasteiger partial charge is 0.250 e. The third kappa shape index (κ3) is 3.75. The van der Waals surface area contributed by atoms with Crippen LogP contribution in [-0.2, 0) is 16.8 Å². The summed E-state index contributed by atoms with van der Waals surface area (Å²) in [4.78, 5) is 24.0. The molecule has 0 saturated heterocycles. The molecule has 0 atom stereocenters. The number of aromatic nitrogens is 1. The van der Waals surface area contributed by atoms with Gasteiger partial charge in [-0.1, -0.05) is 55.7 Å². The second-order valence-electron chi connectivity index (χ2n) is 6.65. The van der Waals surface area contributed by atoms with Gasteiger partial charge in [0.1, 0.15) is 6.54 Å². The van der Waals surface area contributed by atoms with E-state index in [2.05, 4.69) is 29.6 Å². The molecule has 0 bridgehead atoms. The molecule has 4 heteroatoms. The van der Waals surface area contributed by atoms with Gasteiger partial charge >= 0.3 is 0 Å². The van der Waals surface area contributed by atoms with Gasteiger partial charge in [-0.25, -0.2) is 0 Å².